The van der Waals surface area contributed by atoms with Gasteiger partial charge in [-0.05, 0) is 43.5 Å². The first-order chi connectivity index (χ1) is 11.8. The van der Waals surface area contributed by atoms with Crippen molar-refractivity contribution in [1.82, 2.24) is 14.8 Å². The topological polar surface area (TPSA) is 126 Å². The highest BCUT2D eigenvalue weighted by atomic mass is 16.4. The lowest BCUT2D eigenvalue weighted by molar-refractivity contribution is 0.0264. The molecule has 25 heavy (non-hydrogen) atoms. The average Bonchev–Trinajstić information content (AvgIpc) is 3.19. The Kier molecular flexibility index (Phi) is 5.87. The molecule has 8 heteroatoms. The van der Waals surface area contributed by atoms with Crippen molar-refractivity contribution in [1.29, 1.82) is 0 Å². The fourth-order valence-electron chi connectivity index (χ4n) is 2.84. The van der Waals surface area contributed by atoms with Crippen LogP contribution in [0.15, 0.2) is 30.9 Å². The van der Waals surface area contributed by atoms with Gasteiger partial charge in [0.2, 0.25) is 0 Å². The minimum Gasteiger partial charge on any atom is -0.478 e. The molecule has 8 nitrogen and oxygen atoms in total. The van der Waals surface area contributed by atoms with E-state index in [9.17, 15) is 14.7 Å². The predicted octanol–water partition coefficient (Wildman–Crippen LogP) is 1.97. The van der Waals surface area contributed by atoms with Crippen LogP contribution in [0.5, 0.6) is 0 Å². The Morgan fingerprint density at radius 3 is 2.12 bits per heavy atom. The Morgan fingerprint density at radius 1 is 1.12 bits per heavy atom. The number of carboxylic acid groups (broad SMARTS) is 2. The summed E-state index contributed by atoms with van der Waals surface area (Å²) in [4.78, 5) is 24.9. The van der Waals surface area contributed by atoms with Crippen LogP contribution in [0.4, 0.5) is 0 Å². The van der Waals surface area contributed by atoms with Crippen molar-refractivity contribution in [3.8, 4) is 0 Å². The second kappa shape index (κ2) is 7.89. The smallest absolute Gasteiger partial charge is 0.335 e. The molecule has 0 bridgehead atoms. The van der Waals surface area contributed by atoms with Gasteiger partial charge in [-0.15, -0.1) is 0 Å². The van der Waals surface area contributed by atoms with Crippen molar-refractivity contribution < 1.29 is 24.9 Å². The SMILES string of the molecule is Cc1cc(C(=O)O)cc(C(=O)O)c1.OC1(Cn2cncn2)CCCC1. The lowest BCUT2D eigenvalue weighted by Gasteiger charge is -2.21. The Bertz CT molecular complexity index is 704. The summed E-state index contributed by atoms with van der Waals surface area (Å²) in [5.41, 5.74) is 0.0975. The number of aliphatic hydroxyl groups is 1. The second-order valence-electron chi connectivity index (χ2n) is 6.22. The third kappa shape index (κ3) is 5.39. The summed E-state index contributed by atoms with van der Waals surface area (Å²) in [5, 5.41) is 31.2. The number of rotatable bonds is 4. The van der Waals surface area contributed by atoms with E-state index in [1.54, 1.807) is 17.9 Å². The summed E-state index contributed by atoms with van der Waals surface area (Å²) < 4.78 is 1.70. The van der Waals surface area contributed by atoms with E-state index in [4.69, 9.17) is 10.2 Å². The summed E-state index contributed by atoms with van der Waals surface area (Å²) in [7, 11) is 0. The third-order valence-corrected chi connectivity index (χ3v) is 4.03. The van der Waals surface area contributed by atoms with E-state index >= 15 is 0 Å². The fraction of sp³-hybridized carbons (Fsp3) is 0.412. The molecule has 0 spiro atoms. The maximum Gasteiger partial charge on any atom is 0.335 e. The Hall–Kier alpha value is -2.74. The molecular weight excluding hydrogens is 326 g/mol. The zero-order valence-electron chi connectivity index (χ0n) is 13.9. The molecule has 0 saturated heterocycles. The number of carboxylic acids is 2. The fourth-order valence-corrected chi connectivity index (χ4v) is 2.84. The van der Waals surface area contributed by atoms with Gasteiger partial charge in [-0.25, -0.2) is 14.6 Å². The van der Waals surface area contributed by atoms with E-state index in [1.807, 2.05) is 0 Å². The monoisotopic (exact) mass is 347 g/mol. The number of hydrogen-bond donors (Lipinski definition) is 3. The average molecular weight is 347 g/mol. The molecule has 1 aromatic heterocycles. The van der Waals surface area contributed by atoms with Crippen molar-refractivity contribution in [2.45, 2.75) is 44.8 Å². The highest BCUT2D eigenvalue weighted by Crippen LogP contribution is 2.30. The van der Waals surface area contributed by atoms with Gasteiger partial charge in [0.1, 0.15) is 12.7 Å². The van der Waals surface area contributed by atoms with Gasteiger partial charge in [-0.3, -0.25) is 4.68 Å². The molecule has 1 fully saturated rings. The quantitative estimate of drug-likeness (QED) is 0.772. The van der Waals surface area contributed by atoms with Crippen molar-refractivity contribution in [2.75, 3.05) is 0 Å². The molecule has 2 aromatic rings. The van der Waals surface area contributed by atoms with Gasteiger partial charge in [0.05, 0.1) is 23.3 Å². The van der Waals surface area contributed by atoms with Crippen LogP contribution in [-0.2, 0) is 6.54 Å². The van der Waals surface area contributed by atoms with Gasteiger partial charge in [0.15, 0.2) is 0 Å². The molecule has 1 aliphatic carbocycles. The molecule has 1 saturated carbocycles. The van der Waals surface area contributed by atoms with Gasteiger partial charge in [0, 0.05) is 0 Å². The molecule has 3 N–H and O–H groups in total. The summed E-state index contributed by atoms with van der Waals surface area (Å²) in [5.74, 6) is -2.24. The summed E-state index contributed by atoms with van der Waals surface area (Å²) >= 11 is 0. The van der Waals surface area contributed by atoms with Crippen molar-refractivity contribution in [3.05, 3.63) is 47.5 Å². The molecule has 0 unspecified atom stereocenters. The van der Waals surface area contributed by atoms with Gasteiger partial charge < -0.3 is 15.3 Å². The highest BCUT2D eigenvalue weighted by Gasteiger charge is 2.31. The van der Waals surface area contributed by atoms with E-state index in [-0.39, 0.29) is 11.1 Å². The molecule has 3 rings (SSSR count). The summed E-state index contributed by atoms with van der Waals surface area (Å²) in [6, 6.07) is 3.99. The molecule has 134 valence electrons. The standard InChI is InChI=1S/C9H8O4.C8H13N3O/c1-5-2-6(8(10)11)4-7(3-5)9(12)13;12-8(3-1-2-4-8)5-11-7-9-6-10-11/h2-4H,1H3,(H,10,11)(H,12,13);6-7,12H,1-5H2. The Labute approximate surface area is 144 Å². The lowest BCUT2D eigenvalue weighted by atomic mass is 10.0. The third-order valence-electron chi connectivity index (χ3n) is 4.03. The van der Waals surface area contributed by atoms with E-state index < -0.39 is 17.5 Å². The number of aromatic carboxylic acids is 2. The van der Waals surface area contributed by atoms with Crippen LogP contribution in [0.1, 0.15) is 52.0 Å². The molecule has 0 atom stereocenters. The van der Waals surface area contributed by atoms with Gasteiger partial charge in [0.25, 0.3) is 0 Å². The van der Waals surface area contributed by atoms with Crippen LogP contribution in [0.3, 0.4) is 0 Å². The molecule has 0 amide bonds. The first-order valence-corrected chi connectivity index (χ1v) is 7.92. The largest absolute Gasteiger partial charge is 0.478 e. The Balaban J connectivity index is 0.000000181. The van der Waals surface area contributed by atoms with Crippen LogP contribution in [-0.4, -0.2) is 47.6 Å². The summed E-state index contributed by atoms with van der Waals surface area (Å²) in [6.45, 7) is 2.24. The zero-order valence-corrected chi connectivity index (χ0v) is 13.9. The normalized spacial score (nSPS) is 15.3. The minimum absolute atomic E-state index is 0.00241. The van der Waals surface area contributed by atoms with E-state index in [0.717, 1.165) is 31.7 Å². The lowest BCUT2D eigenvalue weighted by Crippen LogP contribution is -2.30. The zero-order chi connectivity index (χ0) is 18.4. The number of aryl methyl sites for hydroxylation is 1. The van der Waals surface area contributed by atoms with Crippen LogP contribution < -0.4 is 0 Å². The van der Waals surface area contributed by atoms with E-state index in [2.05, 4.69) is 10.1 Å². The van der Waals surface area contributed by atoms with Crippen molar-refractivity contribution >= 4 is 11.9 Å². The van der Waals surface area contributed by atoms with Crippen molar-refractivity contribution in [3.63, 3.8) is 0 Å². The summed E-state index contributed by atoms with van der Waals surface area (Å²) in [6.07, 6.45) is 7.20. The maximum atomic E-state index is 10.5. The predicted molar refractivity (Wildman–Crippen MR) is 88.5 cm³/mol. The van der Waals surface area contributed by atoms with Gasteiger partial charge in [-0.2, -0.15) is 5.10 Å². The van der Waals surface area contributed by atoms with Crippen LogP contribution >= 0.6 is 0 Å². The molecule has 1 heterocycles. The van der Waals surface area contributed by atoms with E-state index in [0.29, 0.717) is 12.1 Å². The molecule has 1 aliphatic rings. The number of benzene rings is 1. The van der Waals surface area contributed by atoms with Crippen molar-refractivity contribution in [2.24, 2.45) is 0 Å². The maximum absolute atomic E-state index is 10.5. The number of nitrogens with zero attached hydrogens (tertiary/aromatic N) is 3. The van der Waals surface area contributed by atoms with Crippen LogP contribution in [0.2, 0.25) is 0 Å². The van der Waals surface area contributed by atoms with Crippen LogP contribution in [0, 0.1) is 6.92 Å². The second-order valence-corrected chi connectivity index (χ2v) is 6.22. The first kappa shape index (κ1) is 18.6. The minimum atomic E-state index is -1.12. The first-order valence-electron chi connectivity index (χ1n) is 7.92. The van der Waals surface area contributed by atoms with E-state index in [1.165, 1.54) is 18.5 Å². The van der Waals surface area contributed by atoms with Gasteiger partial charge >= 0.3 is 11.9 Å². The Morgan fingerprint density at radius 2 is 1.68 bits per heavy atom. The van der Waals surface area contributed by atoms with Crippen LogP contribution in [0.25, 0.3) is 0 Å². The highest BCUT2D eigenvalue weighted by molar-refractivity contribution is 5.94. The van der Waals surface area contributed by atoms with Gasteiger partial charge in [-0.1, -0.05) is 12.8 Å². The molecule has 0 radical (unpaired) electrons. The molecule has 0 aliphatic heterocycles. The molecular formula is C17H21N3O5. The number of carbonyl (C=O) groups is 2. The number of aromatic nitrogens is 3. The number of hydrogen-bond acceptors (Lipinski definition) is 5. The molecule has 1 aromatic carbocycles.